The van der Waals surface area contributed by atoms with Gasteiger partial charge in [0, 0.05) is 29.1 Å². The molecule has 1 aliphatic heterocycles. The summed E-state index contributed by atoms with van der Waals surface area (Å²) >= 11 is 12.2. The molecule has 2 aromatic carbocycles. The Bertz CT molecular complexity index is 952. The number of carbonyl (C=O) groups excluding carboxylic acids is 2. The average molecular weight is 462 g/mol. The molecular formula is C25H29Cl2NO3. The van der Waals surface area contributed by atoms with Crippen LogP contribution in [0, 0.1) is 0 Å². The van der Waals surface area contributed by atoms with E-state index < -0.39 is 17.0 Å². The molecule has 1 fully saturated rings. The molecule has 4 nitrogen and oxygen atoms in total. The third kappa shape index (κ3) is 5.81. The molecule has 2 aromatic rings. The Morgan fingerprint density at radius 2 is 1.71 bits per heavy atom. The van der Waals surface area contributed by atoms with Crippen molar-refractivity contribution in [2.24, 2.45) is 0 Å². The minimum Gasteiger partial charge on any atom is -0.460 e. The fourth-order valence-electron chi connectivity index (χ4n) is 4.11. The quantitative estimate of drug-likeness (QED) is 0.512. The summed E-state index contributed by atoms with van der Waals surface area (Å²) in [4.78, 5) is 28.3. The van der Waals surface area contributed by atoms with Crippen LogP contribution in [-0.2, 0) is 19.7 Å². The highest BCUT2D eigenvalue weighted by Crippen LogP contribution is 2.36. The van der Waals surface area contributed by atoms with Crippen molar-refractivity contribution in [1.29, 1.82) is 0 Å². The van der Waals surface area contributed by atoms with Crippen LogP contribution < -0.4 is 0 Å². The summed E-state index contributed by atoms with van der Waals surface area (Å²) in [6.45, 7) is 8.51. The van der Waals surface area contributed by atoms with Crippen LogP contribution in [0.25, 0.3) is 0 Å². The van der Waals surface area contributed by atoms with E-state index in [0.717, 1.165) is 17.5 Å². The summed E-state index contributed by atoms with van der Waals surface area (Å²) in [6, 6.07) is 14.9. The summed E-state index contributed by atoms with van der Waals surface area (Å²) in [5.41, 5.74) is 0.213. The van der Waals surface area contributed by atoms with E-state index >= 15 is 0 Å². The Hall–Kier alpha value is -2.04. The molecule has 0 radical (unpaired) electrons. The van der Waals surface area contributed by atoms with Gasteiger partial charge in [-0.3, -0.25) is 9.59 Å². The van der Waals surface area contributed by atoms with Gasteiger partial charge in [0.2, 0.25) is 5.91 Å². The van der Waals surface area contributed by atoms with Gasteiger partial charge in [-0.05, 0) is 69.5 Å². The number of ether oxygens (including phenoxy) is 1. The highest BCUT2D eigenvalue weighted by atomic mass is 35.5. The van der Waals surface area contributed by atoms with Crippen LogP contribution in [0.2, 0.25) is 10.0 Å². The van der Waals surface area contributed by atoms with Crippen molar-refractivity contribution in [2.75, 3.05) is 13.1 Å². The fraction of sp³-hybridized carbons (Fsp3) is 0.440. The maximum absolute atomic E-state index is 13.8. The maximum Gasteiger partial charge on any atom is 0.307 e. The lowest BCUT2D eigenvalue weighted by Gasteiger charge is -2.33. The fourth-order valence-corrected chi connectivity index (χ4v) is 4.44. The molecule has 2 atom stereocenters. The Balaban J connectivity index is 1.85. The van der Waals surface area contributed by atoms with E-state index in [2.05, 4.69) is 0 Å². The Labute approximate surface area is 194 Å². The van der Waals surface area contributed by atoms with Gasteiger partial charge in [0.05, 0.1) is 11.8 Å². The molecule has 2 unspecified atom stereocenters. The molecule has 31 heavy (non-hydrogen) atoms. The first-order valence-electron chi connectivity index (χ1n) is 10.5. The molecule has 1 amide bonds. The molecule has 0 aromatic heterocycles. The van der Waals surface area contributed by atoms with Gasteiger partial charge in [0.1, 0.15) is 5.60 Å². The van der Waals surface area contributed by atoms with Gasteiger partial charge in [-0.25, -0.2) is 0 Å². The summed E-state index contributed by atoms with van der Waals surface area (Å²) in [5, 5.41) is 1.27. The number of hydrogen-bond donors (Lipinski definition) is 0. The Morgan fingerprint density at radius 1 is 1.03 bits per heavy atom. The molecule has 1 heterocycles. The van der Waals surface area contributed by atoms with Crippen molar-refractivity contribution in [3.05, 3.63) is 69.7 Å². The van der Waals surface area contributed by atoms with Crippen molar-refractivity contribution in [3.8, 4) is 0 Å². The van der Waals surface area contributed by atoms with E-state index in [9.17, 15) is 9.59 Å². The monoisotopic (exact) mass is 461 g/mol. The summed E-state index contributed by atoms with van der Waals surface area (Å²) < 4.78 is 5.54. The number of benzene rings is 2. The van der Waals surface area contributed by atoms with Crippen molar-refractivity contribution in [1.82, 2.24) is 4.90 Å². The van der Waals surface area contributed by atoms with Crippen molar-refractivity contribution in [3.63, 3.8) is 0 Å². The van der Waals surface area contributed by atoms with Crippen LogP contribution in [0.3, 0.4) is 0 Å². The molecule has 0 aliphatic carbocycles. The van der Waals surface area contributed by atoms with Crippen LogP contribution in [0.1, 0.15) is 57.6 Å². The minimum atomic E-state index is -1.05. The lowest BCUT2D eigenvalue weighted by Crippen LogP contribution is -2.46. The van der Waals surface area contributed by atoms with E-state index in [1.807, 2.05) is 69.0 Å². The van der Waals surface area contributed by atoms with Gasteiger partial charge >= 0.3 is 5.97 Å². The average Bonchev–Trinajstić information content (AvgIpc) is 3.16. The van der Waals surface area contributed by atoms with Crippen LogP contribution >= 0.6 is 23.2 Å². The molecule has 3 rings (SSSR count). The molecule has 1 saturated heterocycles. The van der Waals surface area contributed by atoms with Crippen LogP contribution in [0.15, 0.2) is 48.5 Å². The van der Waals surface area contributed by atoms with Gasteiger partial charge in [-0.1, -0.05) is 47.5 Å². The first-order valence-corrected chi connectivity index (χ1v) is 11.3. The summed E-state index contributed by atoms with van der Waals surface area (Å²) in [7, 11) is 0. The second kappa shape index (κ2) is 9.22. The highest BCUT2D eigenvalue weighted by molar-refractivity contribution is 6.30. The Kier molecular flexibility index (Phi) is 7.02. The summed E-state index contributed by atoms with van der Waals surface area (Å²) in [5.74, 6) is -0.257. The smallest absolute Gasteiger partial charge is 0.307 e. The largest absolute Gasteiger partial charge is 0.460 e. The lowest BCUT2D eigenvalue weighted by molar-refractivity contribution is -0.159. The normalized spacial score (nSPS) is 18.5. The maximum atomic E-state index is 13.8. The van der Waals surface area contributed by atoms with Gasteiger partial charge in [-0.2, -0.15) is 0 Å². The SMILES string of the molecule is CC(C)(C)OC(=O)CC(C)(C(=O)N1CCC(c2cccc(Cl)c2)C1)c1ccc(Cl)cc1. The lowest BCUT2D eigenvalue weighted by atomic mass is 9.78. The van der Waals surface area contributed by atoms with Crippen molar-refractivity contribution < 1.29 is 14.3 Å². The van der Waals surface area contributed by atoms with Gasteiger partial charge < -0.3 is 9.64 Å². The molecular weight excluding hydrogens is 433 g/mol. The number of nitrogens with zero attached hydrogens (tertiary/aromatic N) is 1. The van der Waals surface area contributed by atoms with Crippen molar-refractivity contribution >= 4 is 35.1 Å². The van der Waals surface area contributed by atoms with Gasteiger partial charge in [0.25, 0.3) is 0 Å². The minimum absolute atomic E-state index is 0.0386. The topological polar surface area (TPSA) is 46.6 Å². The zero-order chi connectivity index (χ0) is 22.8. The van der Waals surface area contributed by atoms with E-state index in [1.165, 1.54) is 0 Å². The van der Waals surface area contributed by atoms with E-state index in [4.69, 9.17) is 27.9 Å². The molecule has 0 spiro atoms. The van der Waals surface area contributed by atoms with Crippen LogP contribution in [0.5, 0.6) is 0 Å². The molecule has 0 N–H and O–H groups in total. The first kappa shape index (κ1) is 23.6. The van der Waals surface area contributed by atoms with E-state index in [1.54, 1.807) is 12.1 Å². The highest BCUT2D eigenvalue weighted by Gasteiger charge is 2.43. The third-order valence-corrected chi connectivity index (χ3v) is 6.15. The zero-order valence-corrected chi connectivity index (χ0v) is 20.0. The molecule has 166 valence electrons. The number of halogens is 2. The predicted octanol–water partition coefficient (Wildman–Crippen LogP) is 6.00. The molecule has 0 saturated carbocycles. The summed E-state index contributed by atoms with van der Waals surface area (Å²) in [6.07, 6.45) is 0.818. The number of carbonyl (C=O) groups is 2. The van der Waals surface area contributed by atoms with Crippen molar-refractivity contribution in [2.45, 2.75) is 57.5 Å². The second-order valence-corrected chi connectivity index (χ2v) is 10.3. The van der Waals surface area contributed by atoms with Crippen LogP contribution in [0.4, 0.5) is 0 Å². The molecule has 0 bridgehead atoms. The Morgan fingerprint density at radius 3 is 2.32 bits per heavy atom. The molecule has 6 heteroatoms. The van der Waals surface area contributed by atoms with Crippen LogP contribution in [-0.4, -0.2) is 35.5 Å². The number of likely N-dealkylation sites (tertiary alicyclic amines) is 1. The van der Waals surface area contributed by atoms with E-state index in [-0.39, 0.29) is 18.2 Å². The van der Waals surface area contributed by atoms with Gasteiger partial charge in [-0.15, -0.1) is 0 Å². The number of hydrogen-bond acceptors (Lipinski definition) is 3. The van der Waals surface area contributed by atoms with E-state index in [0.29, 0.717) is 23.1 Å². The number of amides is 1. The standard InChI is InChI=1S/C25H29Cl2NO3/c1-24(2,3)31-22(29)15-25(4,19-8-10-20(26)11-9-19)23(30)28-13-12-18(16-28)17-6-5-7-21(27)14-17/h5-11,14,18H,12-13,15-16H2,1-4H3. The zero-order valence-electron chi connectivity index (χ0n) is 18.5. The van der Waals surface area contributed by atoms with Gasteiger partial charge in [0.15, 0.2) is 0 Å². The number of rotatable bonds is 5. The third-order valence-electron chi connectivity index (χ3n) is 5.67. The second-order valence-electron chi connectivity index (χ2n) is 9.39. The predicted molar refractivity (Wildman–Crippen MR) is 125 cm³/mol. The molecule has 1 aliphatic rings. The first-order chi connectivity index (χ1) is 14.5. The number of esters is 1.